The number of morpholine rings is 1. The number of nitrogens with zero attached hydrogens (tertiary/aromatic N) is 2. The summed E-state index contributed by atoms with van der Waals surface area (Å²) < 4.78 is 19.3. The van der Waals surface area contributed by atoms with Crippen molar-refractivity contribution in [3.63, 3.8) is 0 Å². The van der Waals surface area contributed by atoms with E-state index in [0.29, 0.717) is 19.6 Å². The van der Waals surface area contributed by atoms with Gasteiger partial charge in [-0.1, -0.05) is 0 Å². The van der Waals surface area contributed by atoms with Crippen LogP contribution in [0.1, 0.15) is 24.2 Å². The maximum Gasteiger partial charge on any atom is 0.257 e. The Morgan fingerprint density at radius 1 is 1.68 bits per heavy atom. The van der Waals surface area contributed by atoms with E-state index in [-0.39, 0.29) is 17.6 Å². The molecule has 1 aliphatic heterocycles. The van der Waals surface area contributed by atoms with E-state index in [1.807, 2.05) is 13.8 Å². The van der Waals surface area contributed by atoms with Gasteiger partial charge in [0.2, 0.25) is 0 Å². The Kier molecular flexibility index (Phi) is 3.82. The molecule has 1 unspecified atom stereocenters. The molecular weight excluding hydrogens is 249 g/mol. The van der Waals surface area contributed by atoms with Crippen molar-refractivity contribution >= 4 is 5.91 Å². The molecule has 2 rings (SSSR count). The normalized spacial score (nSPS) is 22.3. The van der Waals surface area contributed by atoms with Gasteiger partial charge in [0.05, 0.1) is 23.5 Å². The molecule has 0 radical (unpaired) electrons. The van der Waals surface area contributed by atoms with Crippen LogP contribution in [0.25, 0.3) is 0 Å². The van der Waals surface area contributed by atoms with Gasteiger partial charge >= 0.3 is 0 Å². The van der Waals surface area contributed by atoms with Crippen LogP contribution in [0.5, 0.6) is 0 Å². The Morgan fingerprint density at radius 3 is 3.05 bits per heavy atom. The highest BCUT2D eigenvalue weighted by Crippen LogP contribution is 2.22. The molecule has 5 nitrogen and oxygen atoms in total. The van der Waals surface area contributed by atoms with Crippen LogP contribution >= 0.6 is 0 Å². The van der Waals surface area contributed by atoms with E-state index in [0.717, 1.165) is 6.20 Å². The number of pyridine rings is 1. The number of rotatable bonds is 2. The quantitative estimate of drug-likeness (QED) is 0.860. The fourth-order valence-corrected chi connectivity index (χ4v) is 2.29. The molecule has 0 aromatic carbocycles. The van der Waals surface area contributed by atoms with E-state index in [4.69, 9.17) is 10.5 Å². The summed E-state index contributed by atoms with van der Waals surface area (Å²) in [6.45, 7) is 4.88. The lowest BCUT2D eigenvalue weighted by atomic mass is 10.0. The monoisotopic (exact) mass is 267 g/mol. The lowest BCUT2D eigenvalue weighted by Gasteiger charge is -2.42. The first-order chi connectivity index (χ1) is 8.93. The molecular formula is C13H18FN3O2. The van der Waals surface area contributed by atoms with Crippen LogP contribution in [0.4, 0.5) is 4.39 Å². The fraction of sp³-hybridized carbons (Fsp3) is 0.538. The molecule has 2 N–H and O–H groups in total. The van der Waals surface area contributed by atoms with E-state index in [1.165, 1.54) is 12.3 Å². The third kappa shape index (κ3) is 3.08. The molecule has 6 heteroatoms. The van der Waals surface area contributed by atoms with Gasteiger partial charge in [0.15, 0.2) is 5.82 Å². The Bertz CT molecular complexity index is 479. The van der Waals surface area contributed by atoms with Crippen LogP contribution in [-0.2, 0) is 4.74 Å². The summed E-state index contributed by atoms with van der Waals surface area (Å²) >= 11 is 0. The van der Waals surface area contributed by atoms with E-state index in [9.17, 15) is 9.18 Å². The first kappa shape index (κ1) is 13.9. The molecule has 1 saturated heterocycles. The zero-order valence-corrected chi connectivity index (χ0v) is 11.1. The topological polar surface area (TPSA) is 68.5 Å². The van der Waals surface area contributed by atoms with Gasteiger partial charge in [0.1, 0.15) is 0 Å². The van der Waals surface area contributed by atoms with Crippen molar-refractivity contribution in [2.24, 2.45) is 5.73 Å². The molecule has 1 atom stereocenters. The largest absolute Gasteiger partial charge is 0.367 e. The van der Waals surface area contributed by atoms with E-state index in [2.05, 4.69) is 4.98 Å². The minimum Gasteiger partial charge on any atom is -0.367 e. The van der Waals surface area contributed by atoms with Crippen LogP contribution in [-0.4, -0.2) is 47.1 Å². The Hall–Kier alpha value is -1.53. The SMILES string of the molecule is CC1(C)CN(C(=O)c2ccncc2F)CC(CN)O1. The van der Waals surface area contributed by atoms with Crippen molar-refractivity contribution in [2.75, 3.05) is 19.6 Å². The standard InChI is InChI=1S/C13H18FN3O2/c1-13(2)8-17(7-9(5-15)19-13)12(18)10-3-4-16-6-11(10)14/h3-4,6,9H,5,7-8,15H2,1-2H3. The van der Waals surface area contributed by atoms with Crippen molar-refractivity contribution in [2.45, 2.75) is 25.6 Å². The van der Waals surface area contributed by atoms with Gasteiger partial charge in [-0.3, -0.25) is 9.78 Å². The van der Waals surface area contributed by atoms with Gasteiger partial charge in [-0.25, -0.2) is 4.39 Å². The van der Waals surface area contributed by atoms with Crippen molar-refractivity contribution < 1.29 is 13.9 Å². The second kappa shape index (κ2) is 5.22. The molecule has 1 aliphatic rings. The Labute approximate surface area is 111 Å². The van der Waals surface area contributed by atoms with Crippen molar-refractivity contribution in [1.82, 2.24) is 9.88 Å². The lowest BCUT2D eigenvalue weighted by molar-refractivity contribution is -0.122. The molecule has 1 amide bonds. The zero-order valence-electron chi connectivity index (χ0n) is 11.1. The van der Waals surface area contributed by atoms with Gasteiger partial charge in [0.25, 0.3) is 5.91 Å². The molecule has 1 aromatic heterocycles. The van der Waals surface area contributed by atoms with Crippen molar-refractivity contribution in [3.8, 4) is 0 Å². The zero-order chi connectivity index (χ0) is 14.0. The number of carbonyl (C=O) groups is 1. The molecule has 0 bridgehead atoms. The second-order valence-corrected chi connectivity index (χ2v) is 5.28. The first-order valence-electron chi connectivity index (χ1n) is 6.19. The van der Waals surface area contributed by atoms with Crippen LogP contribution in [0, 0.1) is 5.82 Å². The number of amides is 1. The summed E-state index contributed by atoms with van der Waals surface area (Å²) in [6, 6.07) is 1.39. The minimum absolute atomic E-state index is 0.0310. The number of hydrogen-bond acceptors (Lipinski definition) is 4. The molecule has 1 aromatic rings. The molecule has 0 aliphatic carbocycles. The lowest BCUT2D eigenvalue weighted by Crippen LogP contribution is -2.56. The predicted octanol–water partition coefficient (Wildman–Crippen LogP) is 0.799. The summed E-state index contributed by atoms with van der Waals surface area (Å²) in [5.74, 6) is -0.962. The van der Waals surface area contributed by atoms with Gasteiger partial charge in [0, 0.05) is 25.8 Å². The fourth-order valence-electron chi connectivity index (χ4n) is 2.29. The smallest absolute Gasteiger partial charge is 0.257 e. The Morgan fingerprint density at radius 2 is 2.42 bits per heavy atom. The van der Waals surface area contributed by atoms with E-state index >= 15 is 0 Å². The predicted molar refractivity (Wildman–Crippen MR) is 68.1 cm³/mol. The number of halogens is 1. The molecule has 0 saturated carbocycles. The molecule has 104 valence electrons. The molecule has 1 fully saturated rings. The van der Waals surface area contributed by atoms with Crippen molar-refractivity contribution in [3.05, 3.63) is 29.8 Å². The molecule has 2 heterocycles. The third-order valence-electron chi connectivity index (χ3n) is 3.03. The number of carbonyl (C=O) groups excluding carboxylic acids is 1. The van der Waals surface area contributed by atoms with Gasteiger partial charge in [-0.05, 0) is 19.9 Å². The number of hydrogen-bond donors (Lipinski definition) is 1. The highest BCUT2D eigenvalue weighted by Gasteiger charge is 2.35. The summed E-state index contributed by atoms with van der Waals surface area (Å²) in [7, 11) is 0. The number of ether oxygens (including phenoxy) is 1. The van der Waals surface area contributed by atoms with Crippen LogP contribution in [0.2, 0.25) is 0 Å². The highest BCUT2D eigenvalue weighted by atomic mass is 19.1. The summed E-state index contributed by atoms with van der Waals surface area (Å²) in [6.07, 6.45) is 2.22. The summed E-state index contributed by atoms with van der Waals surface area (Å²) in [5.41, 5.74) is 5.15. The van der Waals surface area contributed by atoms with E-state index < -0.39 is 11.4 Å². The molecule has 19 heavy (non-hydrogen) atoms. The highest BCUT2D eigenvalue weighted by molar-refractivity contribution is 5.94. The van der Waals surface area contributed by atoms with Gasteiger partial charge in [-0.2, -0.15) is 0 Å². The second-order valence-electron chi connectivity index (χ2n) is 5.28. The van der Waals surface area contributed by atoms with Crippen LogP contribution in [0.3, 0.4) is 0 Å². The maximum atomic E-state index is 13.6. The van der Waals surface area contributed by atoms with Crippen LogP contribution in [0.15, 0.2) is 18.5 Å². The summed E-state index contributed by atoms with van der Waals surface area (Å²) in [5, 5.41) is 0. The van der Waals surface area contributed by atoms with Gasteiger partial charge in [-0.15, -0.1) is 0 Å². The first-order valence-corrected chi connectivity index (χ1v) is 6.19. The summed E-state index contributed by atoms with van der Waals surface area (Å²) in [4.78, 5) is 17.6. The van der Waals surface area contributed by atoms with Crippen LogP contribution < -0.4 is 5.73 Å². The third-order valence-corrected chi connectivity index (χ3v) is 3.03. The maximum absolute atomic E-state index is 13.6. The van der Waals surface area contributed by atoms with Crippen molar-refractivity contribution in [1.29, 1.82) is 0 Å². The Balaban J connectivity index is 2.21. The van der Waals surface area contributed by atoms with Gasteiger partial charge < -0.3 is 15.4 Å². The number of aromatic nitrogens is 1. The molecule has 0 spiro atoms. The minimum atomic E-state index is -0.610. The average Bonchev–Trinajstić information content (AvgIpc) is 2.36. The van der Waals surface area contributed by atoms with E-state index in [1.54, 1.807) is 4.90 Å². The average molecular weight is 267 g/mol. The number of nitrogens with two attached hydrogens (primary N) is 1.